The first kappa shape index (κ1) is 15.9. The second-order valence-electron chi connectivity index (χ2n) is 4.43. The van der Waals surface area contributed by atoms with E-state index in [1.807, 2.05) is 13.2 Å². The Morgan fingerprint density at radius 3 is 2.26 bits per heavy atom. The molecular formula is C14H25N3O2. The average Bonchev–Trinajstić information content (AvgIpc) is 2.47. The normalized spacial score (nSPS) is 12.4. The quantitative estimate of drug-likeness (QED) is 0.734. The Bertz CT molecular complexity index is 335. The van der Waals surface area contributed by atoms with Crippen molar-refractivity contribution in [1.29, 1.82) is 0 Å². The fourth-order valence-corrected chi connectivity index (χ4v) is 1.75. The molecule has 108 valence electrons. The van der Waals surface area contributed by atoms with Gasteiger partial charge in [0.1, 0.15) is 5.82 Å². The molecule has 1 heterocycles. The molecule has 5 heteroatoms. The number of methoxy groups -OCH3 is 2. The van der Waals surface area contributed by atoms with Crippen LogP contribution in [0.5, 0.6) is 0 Å². The van der Waals surface area contributed by atoms with Gasteiger partial charge in [-0.3, -0.25) is 0 Å². The number of nitrogens with one attached hydrogen (secondary N) is 1. The van der Waals surface area contributed by atoms with E-state index in [0.29, 0.717) is 19.3 Å². The summed E-state index contributed by atoms with van der Waals surface area (Å²) in [5.41, 5.74) is 1.18. The molecule has 0 radical (unpaired) electrons. The lowest BCUT2D eigenvalue weighted by Crippen LogP contribution is -2.31. The van der Waals surface area contributed by atoms with Crippen LogP contribution in [0, 0.1) is 0 Å². The van der Waals surface area contributed by atoms with Crippen molar-refractivity contribution in [2.75, 3.05) is 52.5 Å². The Morgan fingerprint density at radius 1 is 1.21 bits per heavy atom. The third-order valence-electron chi connectivity index (χ3n) is 3.16. The predicted molar refractivity (Wildman–Crippen MR) is 77.7 cm³/mol. The largest absolute Gasteiger partial charge is 0.383 e. The maximum absolute atomic E-state index is 5.13. The zero-order chi connectivity index (χ0) is 14.1. The number of pyridine rings is 1. The molecule has 0 saturated carbocycles. The summed E-state index contributed by atoms with van der Waals surface area (Å²) in [5.74, 6) is 0.959. The molecule has 0 amide bonds. The number of hydrogen-bond donors (Lipinski definition) is 1. The maximum atomic E-state index is 5.13. The van der Waals surface area contributed by atoms with Crippen molar-refractivity contribution in [3.8, 4) is 0 Å². The minimum Gasteiger partial charge on any atom is -0.383 e. The monoisotopic (exact) mass is 267 g/mol. The minimum atomic E-state index is 0.313. The van der Waals surface area contributed by atoms with Crippen LogP contribution in [0.1, 0.15) is 18.5 Å². The van der Waals surface area contributed by atoms with Gasteiger partial charge in [0.05, 0.1) is 13.2 Å². The highest BCUT2D eigenvalue weighted by Gasteiger charge is 2.09. The Balaban J connectivity index is 2.71. The van der Waals surface area contributed by atoms with Gasteiger partial charge in [0.15, 0.2) is 0 Å². The standard InChI is InChI=1S/C14H25N3O2/c1-12(15-2)13-5-6-14(16-11-13)17(7-9-18-3)8-10-19-4/h5-6,11-12,15H,7-10H2,1-4H3. The molecule has 1 unspecified atom stereocenters. The van der Waals surface area contributed by atoms with Crippen LogP contribution in [0.25, 0.3) is 0 Å². The van der Waals surface area contributed by atoms with E-state index in [9.17, 15) is 0 Å². The number of hydrogen-bond acceptors (Lipinski definition) is 5. The fourth-order valence-electron chi connectivity index (χ4n) is 1.75. The molecule has 0 fully saturated rings. The number of aromatic nitrogens is 1. The fraction of sp³-hybridized carbons (Fsp3) is 0.643. The molecule has 1 aromatic heterocycles. The molecular weight excluding hydrogens is 242 g/mol. The van der Waals surface area contributed by atoms with Crippen LogP contribution in [0.4, 0.5) is 5.82 Å². The van der Waals surface area contributed by atoms with Crippen LogP contribution in [0.15, 0.2) is 18.3 Å². The van der Waals surface area contributed by atoms with Crippen molar-refractivity contribution < 1.29 is 9.47 Å². The number of ether oxygens (including phenoxy) is 2. The average molecular weight is 267 g/mol. The summed E-state index contributed by atoms with van der Waals surface area (Å²) in [6.45, 7) is 5.10. The lowest BCUT2D eigenvalue weighted by Gasteiger charge is -2.23. The van der Waals surface area contributed by atoms with E-state index < -0.39 is 0 Å². The van der Waals surface area contributed by atoms with Gasteiger partial charge in [-0.05, 0) is 25.6 Å². The van der Waals surface area contributed by atoms with Crippen molar-refractivity contribution in [2.24, 2.45) is 0 Å². The molecule has 1 rings (SSSR count). The van der Waals surface area contributed by atoms with Crippen LogP contribution < -0.4 is 10.2 Å². The summed E-state index contributed by atoms with van der Waals surface area (Å²) < 4.78 is 10.3. The van der Waals surface area contributed by atoms with Gasteiger partial charge in [-0.2, -0.15) is 0 Å². The summed E-state index contributed by atoms with van der Waals surface area (Å²) in [5, 5.41) is 3.20. The van der Waals surface area contributed by atoms with Gasteiger partial charge in [-0.15, -0.1) is 0 Å². The van der Waals surface area contributed by atoms with E-state index in [2.05, 4.69) is 34.3 Å². The second-order valence-corrected chi connectivity index (χ2v) is 4.43. The van der Waals surface area contributed by atoms with Gasteiger partial charge in [-0.1, -0.05) is 6.07 Å². The van der Waals surface area contributed by atoms with Crippen LogP contribution >= 0.6 is 0 Å². The first-order valence-corrected chi connectivity index (χ1v) is 6.59. The zero-order valence-electron chi connectivity index (χ0n) is 12.3. The lowest BCUT2D eigenvalue weighted by molar-refractivity contribution is 0.190. The topological polar surface area (TPSA) is 46.6 Å². The van der Waals surface area contributed by atoms with Crippen LogP contribution in [0.2, 0.25) is 0 Å². The van der Waals surface area contributed by atoms with Gasteiger partial charge >= 0.3 is 0 Å². The maximum Gasteiger partial charge on any atom is 0.128 e. The zero-order valence-corrected chi connectivity index (χ0v) is 12.3. The summed E-state index contributed by atoms with van der Waals surface area (Å²) in [6.07, 6.45) is 1.92. The summed E-state index contributed by atoms with van der Waals surface area (Å²) in [4.78, 5) is 6.70. The molecule has 0 aliphatic heterocycles. The smallest absolute Gasteiger partial charge is 0.128 e. The molecule has 0 spiro atoms. The van der Waals surface area contributed by atoms with Crippen molar-refractivity contribution in [3.05, 3.63) is 23.9 Å². The Hall–Kier alpha value is -1.17. The van der Waals surface area contributed by atoms with Crippen LogP contribution in [0.3, 0.4) is 0 Å². The molecule has 0 bridgehead atoms. The van der Waals surface area contributed by atoms with E-state index in [1.165, 1.54) is 5.56 Å². The third-order valence-corrected chi connectivity index (χ3v) is 3.16. The summed E-state index contributed by atoms with van der Waals surface area (Å²) in [6, 6.07) is 4.47. The highest BCUT2D eigenvalue weighted by Crippen LogP contribution is 2.15. The SMILES string of the molecule is CNC(C)c1ccc(N(CCOC)CCOC)nc1. The molecule has 0 saturated heterocycles. The Kier molecular flexibility index (Phi) is 7.40. The second kappa shape index (κ2) is 8.85. The minimum absolute atomic E-state index is 0.313. The molecule has 19 heavy (non-hydrogen) atoms. The van der Waals surface area contributed by atoms with E-state index in [1.54, 1.807) is 14.2 Å². The third kappa shape index (κ3) is 5.14. The van der Waals surface area contributed by atoms with Gasteiger partial charge in [0.25, 0.3) is 0 Å². The van der Waals surface area contributed by atoms with Gasteiger partial charge in [0, 0.05) is 39.5 Å². The number of anilines is 1. The molecule has 1 aromatic rings. The van der Waals surface area contributed by atoms with Crippen LogP contribution in [-0.2, 0) is 9.47 Å². The molecule has 1 N–H and O–H groups in total. The van der Waals surface area contributed by atoms with E-state index in [4.69, 9.17) is 9.47 Å². The molecule has 0 aromatic carbocycles. The first-order valence-electron chi connectivity index (χ1n) is 6.59. The van der Waals surface area contributed by atoms with Crippen molar-refractivity contribution in [1.82, 2.24) is 10.3 Å². The van der Waals surface area contributed by atoms with E-state index >= 15 is 0 Å². The summed E-state index contributed by atoms with van der Waals surface area (Å²) in [7, 11) is 5.36. The lowest BCUT2D eigenvalue weighted by atomic mass is 10.1. The number of nitrogens with zero attached hydrogens (tertiary/aromatic N) is 2. The molecule has 5 nitrogen and oxygen atoms in total. The van der Waals surface area contributed by atoms with Crippen molar-refractivity contribution >= 4 is 5.82 Å². The molecule has 1 atom stereocenters. The van der Waals surface area contributed by atoms with Gasteiger partial charge in [-0.25, -0.2) is 4.98 Å². The molecule has 0 aliphatic carbocycles. The Labute approximate surface area is 115 Å². The Morgan fingerprint density at radius 2 is 1.84 bits per heavy atom. The van der Waals surface area contributed by atoms with Crippen LogP contribution in [-0.4, -0.2) is 52.6 Å². The van der Waals surface area contributed by atoms with Crippen molar-refractivity contribution in [2.45, 2.75) is 13.0 Å². The van der Waals surface area contributed by atoms with Gasteiger partial charge < -0.3 is 19.7 Å². The van der Waals surface area contributed by atoms with Crippen molar-refractivity contribution in [3.63, 3.8) is 0 Å². The number of rotatable bonds is 9. The highest BCUT2D eigenvalue weighted by molar-refractivity contribution is 5.39. The first-order chi connectivity index (χ1) is 9.22. The van der Waals surface area contributed by atoms with E-state index in [-0.39, 0.29) is 0 Å². The highest BCUT2D eigenvalue weighted by atomic mass is 16.5. The predicted octanol–water partition coefficient (Wildman–Crippen LogP) is 1.46. The molecule has 0 aliphatic rings. The summed E-state index contributed by atoms with van der Waals surface area (Å²) >= 11 is 0. The van der Waals surface area contributed by atoms with Gasteiger partial charge in [0.2, 0.25) is 0 Å². The van der Waals surface area contributed by atoms with E-state index in [0.717, 1.165) is 18.9 Å².